The van der Waals surface area contributed by atoms with Crippen molar-refractivity contribution in [2.75, 3.05) is 20.3 Å². The van der Waals surface area contributed by atoms with Crippen LogP contribution in [0.5, 0.6) is 5.75 Å². The third-order valence-electron chi connectivity index (χ3n) is 3.00. The molecule has 0 fully saturated rings. The van der Waals surface area contributed by atoms with Gasteiger partial charge in [0.15, 0.2) is 0 Å². The van der Waals surface area contributed by atoms with E-state index in [-0.39, 0.29) is 6.10 Å². The molecule has 0 spiro atoms. The van der Waals surface area contributed by atoms with Gasteiger partial charge in [0.05, 0.1) is 33.0 Å². The molecule has 1 aromatic rings. The van der Waals surface area contributed by atoms with Crippen molar-refractivity contribution in [1.29, 1.82) is 0 Å². The predicted molar refractivity (Wildman–Crippen MR) is 85.7 cm³/mol. The van der Waals surface area contributed by atoms with Crippen molar-refractivity contribution in [3.63, 3.8) is 0 Å². The molecule has 120 valence electrons. The Kier molecular flexibility index (Phi) is 8.35. The number of hydrogen-bond acceptors (Lipinski definition) is 4. The lowest BCUT2D eigenvalue weighted by Crippen LogP contribution is -2.21. The lowest BCUT2D eigenvalue weighted by atomic mass is 10.1. The molecule has 4 nitrogen and oxygen atoms in total. The Bertz CT molecular complexity index is 405. The molecule has 21 heavy (non-hydrogen) atoms. The molecular weight excluding hydrogens is 266 g/mol. The van der Waals surface area contributed by atoms with E-state index < -0.39 is 0 Å². The number of rotatable bonds is 10. The first-order chi connectivity index (χ1) is 10.0. The maximum Gasteiger partial charge on any atom is 0.124 e. The fourth-order valence-corrected chi connectivity index (χ4v) is 1.90. The highest BCUT2D eigenvalue weighted by atomic mass is 16.5. The molecule has 1 rings (SSSR count). The Morgan fingerprint density at radius 1 is 1.10 bits per heavy atom. The fourth-order valence-electron chi connectivity index (χ4n) is 1.90. The van der Waals surface area contributed by atoms with E-state index in [2.05, 4.69) is 31.3 Å². The zero-order valence-corrected chi connectivity index (χ0v) is 13.9. The largest absolute Gasteiger partial charge is 0.496 e. The first kappa shape index (κ1) is 18.0. The molecule has 0 saturated carbocycles. The topological polar surface area (TPSA) is 39.7 Å². The van der Waals surface area contributed by atoms with Gasteiger partial charge in [-0.3, -0.25) is 0 Å². The van der Waals surface area contributed by atoms with Crippen molar-refractivity contribution in [1.82, 2.24) is 5.32 Å². The maximum atomic E-state index is 5.67. The number of nitrogens with one attached hydrogen (secondary N) is 1. The zero-order chi connectivity index (χ0) is 15.7. The summed E-state index contributed by atoms with van der Waals surface area (Å²) in [5.74, 6) is 0.869. The van der Waals surface area contributed by atoms with Gasteiger partial charge >= 0.3 is 0 Å². The van der Waals surface area contributed by atoms with E-state index in [1.807, 2.05) is 19.9 Å². The predicted octanol–water partition coefficient (Wildman–Crippen LogP) is 3.13. The van der Waals surface area contributed by atoms with Gasteiger partial charge in [-0.15, -0.1) is 0 Å². The van der Waals surface area contributed by atoms with Crippen molar-refractivity contribution in [2.45, 2.75) is 53.0 Å². The van der Waals surface area contributed by atoms with E-state index in [0.717, 1.165) is 17.9 Å². The molecule has 4 heteroatoms. The number of methoxy groups -OCH3 is 1. The standard InChI is InChI=1S/C17H29NO3/c1-13(2)18-11-15-6-7-17(19-5)16(10-15)12-20-8-9-21-14(3)4/h6-7,10,13-14,18H,8-9,11-12H2,1-5H3. The molecule has 1 N–H and O–H groups in total. The minimum atomic E-state index is 0.244. The van der Waals surface area contributed by atoms with Crippen LogP contribution in [0.2, 0.25) is 0 Å². The molecule has 0 aliphatic carbocycles. The number of hydrogen-bond donors (Lipinski definition) is 1. The first-order valence-electron chi connectivity index (χ1n) is 7.61. The average Bonchev–Trinajstić information content (AvgIpc) is 2.44. The average molecular weight is 295 g/mol. The van der Waals surface area contributed by atoms with Crippen LogP contribution in [0.4, 0.5) is 0 Å². The second-order valence-corrected chi connectivity index (χ2v) is 5.65. The zero-order valence-electron chi connectivity index (χ0n) is 13.9. The van der Waals surface area contributed by atoms with Crippen LogP contribution in [-0.4, -0.2) is 32.5 Å². The van der Waals surface area contributed by atoms with Crippen LogP contribution in [-0.2, 0) is 22.6 Å². The molecule has 0 amide bonds. The lowest BCUT2D eigenvalue weighted by Gasteiger charge is -2.13. The van der Waals surface area contributed by atoms with Gasteiger partial charge in [-0.1, -0.05) is 19.9 Å². The summed E-state index contributed by atoms with van der Waals surface area (Å²) in [6.07, 6.45) is 0.244. The van der Waals surface area contributed by atoms with E-state index in [0.29, 0.717) is 25.9 Å². The van der Waals surface area contributed by atoms with Crippen LogP contribution in [0.1, 0.15) is 38.8 Å². The molecule has 1 aromatic carbocycles. The normalized spacial score (nSPS) is 11.4. The lowest BCUT2D eigenvalue weighted by molar-refractivity contribution is 0.0139. The van der Waals surface area contributed by atoms with Crippen molar-refractivity contribution < 1.29 is 14.2 Å². The van der Waals surface area contributed by atoms with Crippen LogP contribution in [0, 0.1) is 0 Å². The molecule has 0 saturated heterocycles. The monoisotopic (exact) mass is 295 g/mol. The van der Waals surface area contributed by atoms with Crippen molar-refractivity contribution in [3.8, 4) is 5.75 Å². The second kappa shape index (κ2) is 9.77. The van der Waals surface area contributed by atoms with E-state index in [4.69, 9.17) is 14.2 Å². The van der Waals surface area contributed by atoms with Crippen molar-refractivity contribution in [3.05, 3.63) is 29.3 Å². The van der Waals surface area contributed by atoms with Gasteiger partial charge in [0.2, 0.25) is 0 Å². The minimum Gasteiger partial charge on any atom is -0.496 e. The Morgan fingerprint density at radius 3 is 2.48 bits per heavy atom. The molecular formula is C17H29NO3. The molecule has 0 unspecified atom stereocenters. The molecule has 0 heterocycles. The Morgan fingerprint density at radius 2 is 1.86 bits per heavy atom. The molecule has 0 aliphatic rings. The van der Waals surface area contributed by atoms with Gasteiger partial charge in [-0.25, -0.2) is 0 Å². The van der Waals surface area contributed by atoms with Gasteiger partial charge in [0, 0.05) is 18.2 Å². The van der Waals surface area contributed by atoms with Crippen molar-refractivity contribution in [2.24, 2.45) is 0 Å². The highest BCUT2D eigenvalue weighted by Crippen LogP contribution is 2.21. The second-order valence-electron chi connectivity index (χ2n) is 5.65. The summed E-state index contributed by atoms with van der Waals surface area (Å²) in [6, 6.07) is 6.69. The van der Waals surface area contributed by atoms with Crippen LogP contribution in [0.3, 0.4) is 0 Å². The first-order valence-corrected chi connectivity index (χ1v) is 7.61. The summed E-state index contributed by atoms with van der Waals surface area (Å²) in [4.78, 5) is 0. The third-order valence-corrected chi connectivity index (χ3v) is 3.00. The SMILES string of the molecule is COc1ccc(CNC(C)C)cc1COCCOC(C)C. The third kappa shape index (κ3) is 7.46. The van der Waals surface area contributed by atoms with E-state index >= 15 is 0 Å². The van der Waals surface area contributed by atoms with Crippen LogP contribution in [0.25, 0.3) is 0 Å². The van der Waals surface area contributed by atoms with Gasteiger partial charge in [0.25, 0.3) is 0 Å². The Hall–Kier alpha value is -1.10. The van der Waals surface area contributed by atoms with Gasteiger partial charge < -0.3 is 19.5 Å². The Labute approximate surface area is 128 Å². The summed E-state index contributed by atoms with van der Waals surface area (Å²) in [7, 11) is 1.69. The summed E-state index contributed by atoms with van der Waals surface area (Å²) in [6.45, 7) is 10.9. The smallest absolute Gasteiger partial charge is 0.124 e. The summed E-state index contributed by atoms with van der Waals surface area (Å²) >= 11 is 0. The van der Waals surface area contributed by atoms with Gasteiger partial charge in [-0.05, 0) is 31.5 Å². The van der Waals surface area contributed by atoms with Crippen LogP contribution < -0.4 is 10.1 Å². The fraction of sp³-hybridized carbons (Fsp3) is 0.647. The quantitative estimate of drug-likeness (QED) is 0.673. The van der Waals surface area contributed by atoms with Crippen LogP contribution >= 0.6 is 0 Å². The molecule has 0 bridgehead atoms. The maximum absolute atomic E-state index is 5.67. The number of benzene rings is 1. The van der Waals surface area contributed by atoms with E-state index in [1.165, 1.54) is 5.56 Å². The summed E-state index contributed by atoms with van der Waals surface area (Å²) in [5, 5.41) is 3.41. The minimum absolute atomic E-state index is 0.244. The highest BCUT2D eigenvalue weighted by molar-refractivity contribution is 5.36. The molecule has 0 atom stereocenters. The van der Waals surface area contributed by atoms with Gasteiger partial charge in [0.1, 0.15) is 5.75 Å². The molecule has 0 aliphatic heterocycles. The van der Waals surface area contributed by atoms with Gasteiger partial charge in [-0.2, -0.15) is 0 Å². The van der Waals surface area contributed by atoms with Crippen molar-refractivity contribution >= 4 is 0 Å². The van der Waals surface area contributed by atoms with E-state index in [9.17, 15) is 0 Å². The molecule has 0 aromatic heterocycles. The van der Waals surface area contributed by atoms with Crippen LogP contribution in [0.15, 0.2) is 18.2 Å². The van der Waals surface area contributed by atoms with E-state index in [1.54, 1.807) is 7.11 Å². The summed E-state index contributed by atoms with van der Waals surface area (Å²) in [5.41, 5.74) is 2.31. The summed E-state index contributed by atoms with van der Waals surface area (Å²) < 4.78 is 16.5. The molecule has 0 radical (unpaired) electrons. The Balaban J connectivity index is 2.51. The number of ether oxygens (including phenoxy) is 3. The highest BCUT2D eigenvalue weighted by Gasteiger charge is 2.06.